The number of nitrogens with one attached hydrogen (secondary N) is 1. The number of hydrogen-bond acceptors (Lipinski definition) is 3. The van der Waals surface area contributed by atoms with Crippen molar-refractivity contribution in [2.24, 2.45) is 51.8 Å². The van der Waals surface area contributed by atoms with Gasteiger partial charge in [-0.3, -0.25) is 0 Å². The van der Waals surface area contributed by atoms with E-state index >= 15 is 0 Å². The van der Waals surface area contributed by atoms with Gasteiger partial charge >= 0.3 is 0 Å². The van der Waals surface area contributed by atoms with Crippen LogP contribution in [0.2, 0.25) is 0 Å². The van der Waals surface area contributed by atoms with Gasteiger partial charge in [0.25, 0.3) is 0 Å². The van der Waals surface area contributed by atoms with Gasteiger partial charge in [0.15, 0.2) is 0 Å². The van der Waals surface area contributed by atoms with E-state index in [2.05, 4.69) is 39.3 Å². The minimum absolute atomic E-state index is 0.0821. The number of fused-ring (bicyclic) bond motifs is 5. The molecular formula is C35H57NO3S. The quantitative estimate of drug-likeness (QED) is 0.314. The molecule has 0 aliphatic heterocycles. The van der Waals surface area contributed by atoms with E-state index in [4.69, 9.17) is 0 Å². The Balaban J connectivity index is 1.30. The molecule has 0 radical (unpaired) electrons. The molecule has 5 heteroatoms. The summed E-state index contributed by atoms with van der Waals surface area (Å²) in [6, 6.07) is 7.02. The highest BCUT2D eigenvalue weighted by molar-refractivity contribution is 7.89. The molecule has 4 nitrogen and oxygen atoms in total. The number of aryl methyl sites for hydroxylation is 1. The van der Waals surface area contributed by atoms with Crippen LogP contribution in [-0.4, -0.2) is 26.2 Å². The summed E-state index contributed by atoms with van der Waals surface area (Å²) in [5.41, 5.74) is 1.41. The summed E-state index contributed by atoms with van der Waals surface area (Å²) in [7, 11) is -3.57. The number of hydrogen-bond donors (Lipinski definition) is 2. The fourth-order valence-electron chi connectivity index (χ4n) is 10.9. The number of sulfonamides is 1. The number of benzene rings is 1. The maximum absolute atomic E-state index is 13.2. The molecule has 1 aromatic carbocycles. The Morgan fingerprint density at radius 1 is 0.925 bits per heavy atom. The molecule has 1 aromatic rings. The van der Waals surface area contributed by atoms with Crippen LogP contribution in [0.15, 0.2) is 29.2 Å². The highest BCUT2D eigenvalue weighted by atomic mass is 32.2. The van der Waals surface area contributed by atoms with Gasteiger partial charge in [-0.15, -0.1) is 0 Å². The predicted octanol–water partition coefficient (Wildman–Crippen LogP) is 8.13. The van der Waals surface area contributed by atoms with Crippen LogP contribution in [0.4, 0.5) is 0 Å². The Bertz CT molecular complexity index is 1130. The van der Waals surface area contributed by atoms with E-state index in [0.717, 1.165) is 60.8 Å². The predicted molar refractivity (Wildman–Crippen MR) is 164 cm³/mol. The summed E-state index contributed by atoms with van der Waals surface area (Å²) in [4.78, 5) is 0.342. The Kier molecular flexibility index (Phi) is 8.63. The van der Waals surface area contributed by atoms with E-state index in [1.165, 1.54) is 51.4 Å². The van der Waals surface area contributed by atoms with Crippen molar-refractivity contribution in [1.82, 2.24) is 4.72 Å². The van der Waals surface area contributed by atoms with Crippen molar-refractivity contribution in [2.75, 3.05) is 6.61 Å². The Morgan fingerprint density at radius 3 is 2.33 bits per heavy atom. The van der Waals surface area contributed by atoms with E-state index in [1.54, 1.807) is 12.1 Å². The van der Waals surface area contributed by atoms with Crippen LogP contribution < -0.4 is 4.72 Å². The van der Waals surface area contributed by atoms with Crippen LogP contribution in [-0.2, 0) is 10.0 Å². The molecule has 5 rings (SSSR count). The lowest BCUT2D eigenvalue weighted by atomic mass is 9.39. The van der Waals surface area contributed by atoms with E-state index in [-0.39, 0.29) is 23.5 Å². The first-order valence-corrected chi connectivity index (χ1v) is 18.0. The zero-order valence-corrected chi connectivity index (χ0v) is 27.0. The second-order valence-electron chi connectivity index (χ2n) is 15.7. The van der Waals surface area contributed by atoms with E-state index in [9.17, 15) is 13.5 Å². The van der Waals surface area contributed by atoms with Crippen molar-refractivity contribution >= 4 is 10.0 Å². The fourth-order valence-corrected chi connectivity index (χ4v) is 12.2. The van der Waals surface area contributed by atoms with Gasteiger partial charge in [-0.05, 0) is 123 Å². The van der Waals surface area contributed by atoms with Crippen LogP contribution in [0.3, 0.4) is 0 Å². The smallest absolute Gasteiger partial charge is 0.240 e. The van der Waals surface area contributed by atoms with E-state index < -0.39 is 10.0 Å². The van der Waals surface area contributed by atoms with Gasteiger partial charge in [0.05, 0.1) is 4.90 Å². The van der Waals surface area contributed by atoms with Crippen molar-refractivity contribution in [3.63, 3.8) is 0 Å². The van der Waals surface area contributed by atoms with E-state index in [1.807, 2.05) is 19.1 Å². The highest BCUT2D eigenvalue weighted by Crippen LogP contribution is 2.71. The zero-order valence-electron chi connectivity index (χ0n) is 26.2. The van der Waals surface area contributed by atoms with Crippen molar-refractivity contribution in [1.29, 1.82) is 0 Å². The molecule has 40 heavy (non-hydrogen) atoms. The molecule has 0 saturated heterocycles. The molecule has 0 aromatic heterocycles. The van der Waals surface area contributed by atoms with Gasteiger partial charge < -0.3 is 5.11 Å². The molecule has 0 bridgehead atoms. The normalized spacial score (nSPS) is 40.4. The van der Waals surface area contributed by atoms with Crippen molar-refractivity contribution in [3.8, 4) is 0 Å². The Labute approximate surface area is 245 Å². The molecule has 4 fully saturated rings. The molecule has 226 valence electrons. The summed E-state index contributed by atoms with van der Waals surface area (Å²) < 4.78 is 29.5. The minimum atomic E-state index is -3.57. The summed E-state index contributed by atoms with van der Waals surface area (Å²) in [6.07, 6.45) is 14.4. The van der Waals surface area contributed by atoms with Crippen LogP contribution in [0.5, 0.6) is 0 Å². The number of aliphatic hydroxyl groups excluding tert-OH is 1. The molecule has 4 aliphatic rings. The second-order valence-corrected chi connectivity index (χ2v) is 17.4. The first-order valence-electron chi connectivity index (χ1n) is 16.5. The van der Waals surface area contributed by atoms with Gasteiger partial charge in [-0.2, -0.15) is 0 Å². The van der Waals surface area contributed by atoms with Crippen molar-refractivity contribution in [2.45, 2.75) is 130 Å². The van der Waals surface area contributed by atoms with Crippen molar-refractivity contribution < 1.29 is 13.5 Å². The lowest BCUT2D eigenvalue weighted by Crippen LogP contribution is -2.62. The maximum Gasteiger partial charge on any atom is 0.240 e. The number of aliphatic hydroxyl groups is 1. The van der Waals surface area contributed by atoms with Crippen LogP contribution >= 0.6 is 0 Å². The molecule has 0 amide bonds. The third-order valence-electron chi connectivity index (χ3n) is 13.2. The molecule has 4 aliphatic carbocycles. The molecule has 9 atom stereocenters. The van der Waals surface area contributed by atoms with Gasteiger partial charge in [0.1, 0.15) is 0 Å². The minimum Gasteiger partial charge on any atom is -0.396 e. The van der Waals surface area contributed by atoms with Crippen LogP contribution in [0, 0.1) is 58.7 Å². The maximum atomic E-state index is 13.2. The fraction of sp³-hybridized carbons (Fsp3) is 0.829. The second kappa shape index (κ2) is 11.3. The Morgan fingerprint density at radius 2 is 1.65 bits per heavy atom. The molecule has 2 N–H and O–H groups in total. The summed E-state index contributed by atoms with van der Waals surface area (Å²) >= 11 is 0. The number of rotatable bonds is 9. The van der Waals surface area contributed by atoms with Crippen LogP contribution in [0.1, 0.15) is 117 Å². The standard InChI is InChI=1S/C35H57NO3S/c1-24(2)8-7-9-26(4)30-14-15-31-29-17-21-35(23-37)22-27(36-40(38,39)28-12-10-25(3)11-13-28)16-20-34(35,6)32(29)18-19-33(30,31)5/h10-13,24,26-27,29-32,36-37H,7-9,14-23H2,1-6H3/t26-,27?,29+,30-,31+,32+,33-,34-,35?/m1/s1. The molecule has 2 unspecified atom stereocenters. The molecular weight excluding hydrogens is 514 g/mol. The Hall–Kier alpha value is -0.910. The van der Waals surface area contributed by atoms with Gasteiger partial charge in [-0.25, -0.2) is 13.1 Å². The molecule has 0 heterocycles. The average molecular weight is 572 g/mol. The van der Waals surface area contributed by atoms with Gasteiger partial charge in [0, 0.05) is 18.1 Å². The van der Waals surface area contributed by atoms with Crippen molar-refractivity contribution in [3.05, 3.63) is 29.8 Å². The van der Waals surface area contributed by atoms with Crippen LogP contribution in [0.25, 0.3) is 0 Å². The first-order chi connectivity index (χ1) is 18.8. The summed E-state index contributed by atoms with van der Waals surface area (Å²) in [5, 5.41) is 11.0. The average Bonchev–Trinajstić information content (AvgIpc) is 3.26. The van der Waals surface area contributed by atoms with Gasteiger partial charge in [0.2, 0.25) is 10.0 Å². The molecule has 0 spiro atoms. The lowest BCUT2D eigenvalue weighted by Gasteiger charge is -2.66. The first kappa shape index (κ1) is 30.5. The third-order valence-corrected chi connectivity index (χ3v) is 14.8. The zero-order chi connectivity index (χ0) is 28.9. The van der Waals surface area contributed by atoms with Gasteiger partial charge in [-0.1, -0.05) is 71.6 Å². The van der Waals surface area contributed by atoms with E-state index in [0.29, 0.717) is 16.2 Å². The summed E-state index contributed by atoms with van der Waals surface area (Å²) in [6.45, 7) is 14.5. The highest BCUT2D eigenvalue weighted by Gasteiger charge is 2.64. The summed E-state index contributed by atoms with van der Waals surface area (Å²) in [5.74, 6) is 4.70. The topological polar surface area (TPSA) is 66.4 Å². The third kappa shape index (κ3) is 5.23. The monoisotopic (exact) mass is 571 g/mol. The largest absolute Gasteiger partial charge is 0.396 e. The molecule has 4 saturated carbocycles. The lowest BCUT2D eigenvalue weighted by molar-refractivity contribution is -0.179. The SMILES string of the molecule is Cc1ccc(S(=O)(=O)NC2CC[C@]3(C)[C@H]4CC[C@]5(C)[C@@H]([C@H](C)CCCC(C)C)CC[C@H]5[C@@H]4CCC3(CO)C2)cc1.